The normalized spacial score (nSPS) is 10.4. The van der Waals surface area contributed by atoms with E-state index in [9.17, 15) is 4.79 Å². The molecule has 5 nitrogen and oxygen atoms in total. The number of amides is 2. The molecule has 0 unspecified atom stereocenters. The van der Waals surface area contributed by atoms with Crippen molar-refractivity contribution >= 4 is 29.0 Å². The summed E-state index contributed by atoms with van der Waals surface area (Å²) in [5.41, 5.74) is 0.996. The van der Waals surface area contributed by atoms with E-state index in [0.29, 0.717) is 26.1 Å². The minimum absolute atomic E-state index is 0.0890. The maximum absolute atomic E-state index is 12.4. The molecule has 0 bridgehead atoms. The van der Waals surface area contributed by atoms with Crippen LogP contribution in [0.25, 0.3) is 0 Å². The fourth-order valence-electron chi connectivity index (χ4n) is 2.45. The lowest BCUT2D eigenvalue weighted by atomic mass is 10.1. The van der Waals surface area contributed by atoms with Gasteiger partial charge in [-0.1, -0.05) is 11.6 Å². The van der Waals surface area contributed by atoms with Crippen molar-refractivity contribution in [2.24, 2.45) is 0 Å². The van der Waals surface area contributed by atoms with Crippen LogP contribution >= 0.6 is 22.9 Å². The first kappa shape index (κ1) is 19.4. The molecule has 0 saturated carbocycles. The van der Waals surface area contributed by atoms with Crippen molar-refractivity contribution in [2.75, 3.05) is 27.3 Å². The Bertz CT molecular complexity index is 705. The molecule has 1 heterocycles. The van der Waals surface area contributed by atoms with Crippen molar-refractivity contribution in [3.63, 3.8) is 0 Å². The van der Waals surface area contributed by atoms with Gasteiger partial charge >= 0.3 is 6.03 Å². The van der Waals surface area contributed by atoms with Gasteiger partial charge in [0.25, 0.3) is 0 Å². The number of nitrogens with one attached hydrogen (secondary N) is 1. The van der Waals surface area contributed by atoms with E-state index in [1.54, 1.807) is 19.1 Å². The van der Waals surface area contributed by atoms with Gasteiger partial charge in [-0.3, -0.25) is 0 Å². The Morgan fingerprint density at radius 3 is 2.64 bits per heavy atom. The number of nitrogens with zero attached hydrogens (tertiary/aromatic N) is 1. The Morgan fingerprint density at radius 1 is 1.24 bits per heavy atom. The third-order valence-corrected chi connectivity index (χ3v) is 5.02. The molecule has 0 atom stereocenters. The smallest absolute Gasteiger partial charge is 0.317 e. The molecule has 2 amide bonds. The van der Waals surface area contributed by atoms with Gasteiger partial charge in [-0.15, -0.1) is 11.3 Å². The van der Waals surface area contributed by atoms with E-state index in [2.05, 4.69) is 5.32 Å². The number of thiophene rings is 1. The minimum atomic E-state index is -0.0890. The van der Waals surface area contributed by atoms with Crippen LogP contribution in [0.2, 0.25) is 4.34 Å². The number of hydrogen-bond acceptors (Lipinski definition) is 4. The highest BCUT2D eigenvalue weighted by atomic mass is 35.5. The molecular formula is C18H23ClN2O3S. The lowest BCUT2D eigenvalue weighted by Gasteiger charge is -2.21. The Kier molecular flexibility index (Phi) is 7.40. The van der Waals surface area contributed by atoms with Crippen molar-refractivity contribution in [3.05, 3.63) is 45.1 Å². The zero-order valence-corrected chi connectivity index (χ0v) is 16.2. The van der Waals surface area contributed by atoms with Gasteiger partial charge in [0, 0.05) is 18.0 Å². The first-order chi connectivity index (χ1) is 12.1. The maximum Gasteiger partial charge on any atom is 0.317 e. The molecular weight excluding hydrogens is 360 g/mol. The van der Waals surface area contributed by atoms with Crippen molar-refractivity contribution in [1.82, 2.24) is 10.2 Å². The topological polar surface area (TPSA) is 50.8 Å². The van der Waals surface area contributed by atoms with Gasteiger partial charge in [0.15, 0.2) is 0 Å². The monoisotopic (exact) mass is 382 g/mol. The summed E-state index contributed by atoms with van der Waals surface area (Å²) in [7, 11) is 3.26. The molecule has 0 fully saturated rings. The van der Waals surface area contributed by atoms with Crippen molar-refractivity contribution < 1.29 is 14.3 Å². The molecule has 0 aliphatic carbocycles. The van der Waals surface area contributed by atoms with Gasteiger partial charge in [-0.2, -0.15) is 0 Å². The number of carbonyl (C=O) groups excluding carboxylic acids is 1. The molecule has 1 aromatic carbocycles. The maximum atomic E-state index is 12.4. The number of carbonyl (C=O) groups is 1. The zero-order valence-electron chi connectivity index (χ0n) is 14.7. The van der Waals surface area contributed by atoms with Crippen LogP contribution < -0.4 is 14.8 Å². The van der Waals surface area contributed by atoms with E-state index >= 15 is 0 Å². The fraction of sp³-hybridized carbons (Fsp3) is 0.389. The van der Waals surface area contributed by atoms with Gasteiger partial charge in [-0.05, 0) is 49.2 Å². The van der Waals surface area contributed by atoms with E-state index in [1.165, 1.54) is 11.3 Å². The Morgan fingerprint density at radius 2 is 2.04 bits per heavy atom. The summed E-state index contributed by atoms with van der Waals surface area (Å²) < 4.78 is 11.3. The molecule has 7 heteroatoms. The molecule has 1 aromatic heterocycles. The van der Waals surface area contributed by atoms with Gasteiger partial charge in [0.05, 0.1) is 25.1 Å². The molecule has 1 N–H and O–H groups in total. The molecule has 0 aliphatic rings. The second-order valence-corrected chi connectivity index (χ2v) is 7.18. The van der Waals surface area contributed by atoms with Crippen LogP contribution in [-0.2, 0) is 13.0 Å². The predicted octanol–water partition coefficient (Wildman–Crippen LogP) is 4.19. The molecule has 0 saturated heterocycles. The van der Waals surface area contributed by atoms with Crippen LogP contribution in [-0.4, -0.2) is 38.2 Å². The Balaban J connectivity index is 1.90. The van der Waals surface area contributed by atoms with E-state index in [-0.39, 0.29) is 6.03 Å². The average molecular weight is 383 g/mol. The lowest BCUT2D eigenvalue weighted by Crippen LogP contribution is -2.40. The Hall–Kier alpha value is -1.92. The van der Waals surface area contributed by atoms with Crippen molar-refractivity contribution in [3.8, 4) is 11.5 Å². The van der Waals surface area contributed by atoms with Gasteiger partial charge in [0.1, 0.15) is 11.5 Å². The van der Waals surface area contributed by atoms with E-state index in [0.717, 1.165) is 26.3 Å². The summed E-state index contributed by atoms with van der Waals surface area (Å²) in [6.07, 6.45) is 0.661. The molecule has 0 radical (unpaired) electrons. The van der Waals surface area contributed by atoms with E-state index in [1.807, 2.05) is 37.3 Å². The number of methoxy groups -OCH3 is 2. The van der Waals surface area contributed by atoms with Crippen LogP contribution in [0.15, 0.2) is 30.3 Å². The summed E-state index contributed by atoms with van der Waals surface area (Å²) in [6, 6.07) is 9.36. The second kappa shape index (κ2) is 9.53. The van der Waals surface area contributed by atoms with Crippen LogP contribution in [0.4, 0.5) is 4.79 Å². The molecule has 2 rings (SSSR count). The first-order valence-corrected chi connectivity index (χ1v) is 9.24. The summed E-state index contributed by atoms with van der Waals surface area (Å²) in [6.45, 7) is 3.66. The van der Waals surface area contributed by atoms with Crippen molar-refractivity contribution in [1.29, 1.82) is 0 Å². The molecule has 25 heavy (non-hydrogen) atoms. The first-order valence-electron chi connectivity index (χ1n) is 8.05. The highest BCUT2D eigenvalue weighted by molar-refractivity contribution is 7.16. The Labute approximate surface area is 157 Å². The number of rotatable bonds is 8. The van der Waals surface area contributed by atoms with Gasteiger partial charge < -0.3 is 19.7 Å². The SMILES string of the molecule is CCN(Cc1ccc(Cl)s1)C(=O)NCCc1cc(OC)ccc1OC. The van der Waals surface area contributed by atoms with E-state index in [4.69, 9.17) is 21.1 Å². The summed E-state index contributed by atoms with van der Waals surface area (Å²) in [5.74, 6) is 1.56. The number of halogens is 1. The number of benzene rings is 1. The molecule has 2 aromatic rings. The quantitative estimate of drug-likeness (QED) is 0.744. The third-order valence-electron chi connectivity index (χ3n) is 3.80. The second-order valence-electron chi connectivity index (χ2n) is 5.38. The largest absolute Gasteiger partial charge is 0.497 e. The zero-order chi connectivity index (χ0) is 18.2. The minimum Gasteiger partial charge on any atom is -0.497 e. The van der Waals surface area contributed by atoms with Crippen LogP contribution in [0.5, 0.6) is 11.5 Å². The number of urea groups is 1. The van der Waals surface area contributed by atoms with Crippen LogP contribution in [0.3, 0.4) is 0 Å². The van der Waals surface area contributed by atoms with Crippen LogP contribution in [0, 0.1) is 0 Å². The predicted molar refractivity (Wildman–Crippen MR) is 102 cm³/mol. The van der Waals surface area contributed by atoms with Gasteiger partial charge in [-0.25, -0.2) is 4.79 Å². The summed E-state index contributed by atoms with van der Waals surface area (Å²) in [5, 5.41) is 2.96. The molecule has 136 valence electrons. The summed E-state index contributed by atoms with van der Waals surface area (Å²) >= 11 is 7.44. The van der Waals surface area contributed by atoms with Gasteiger partial charge in [0.2, 0.25) is 0 Å². The average Bonchev–Trinajstić information content (AvgIpc) is 3.04. The highest BCUT2D eigenvalue weighted by Crippen LogP contribution is 2.24. The molecule has 0 spiro atoms. The lowest BCUT2D eigenvalue weighted by molar-refractivity contribution is 0.198. The fourth-order valence-corrected chi connectivity index (χ4v) is 3.55. The summed E-state index contributed by atoms with van der Waals surface area (Å²) in [4.78, 5) is 15.2. The highest BCUT2D eigenvalue weighted by Gasteiger charge is 2.13. The number of hydrogen-bond donors (Lipinski definition) is 1. The third kappa shape index (κ3) is 5.54. The van der Waals surface area contributed by atoms with E-state index < -0.39 is 0 Å². The standard InChI is InChI=1S/C18H23ClN2O3S/c1-4-21(12-15-6-8-17(19)25-15)18(22)20-10-9-13-11-14(23-2)5-7-16(13)24-3/h5-8,11H,4,9-10,12H2,1-3H3,(H,20,22). The number of ether oxygens (including phenoxy) is 2. The van der Waals surface area contributed by atoms with Crippen LogP contribution in [0.1, 0.15) is 17.4 Å². The van der Waals surface area contributed by atoms with Crippen molar-refractivity contribution in [2.45, 2.75) is 19.9 Å². The molecule has 0 aliphatic heterocycles.